The molecule has 0 saturated heterocycles. The van der Waals surface area contributed by atoms with Gasteiger partial charge in [0.15, 0.2) is 0 Å². The summed E-state index contributed by atoms with van der Waals surface area (Å²) < 4.78 is 60.6. The molecule has 18 heavy (non-hydrogen) atoms. The third kappa shape index (κ3) is 8.93. The first kappa shape index (κ1) is 16.8. The average molecular weight is 290 g/mol. The first-order valence-electron chi connectivity index (χ1n) is 4.85. The van der Waals surface area contributed by atoms with E-state index in [4.69, 9.17) is 10.8 Å². The van der Waals surface area contributed by atoms with Crippen LogP contribution in [-0.2, 0) is 14.8 Å². The fraction of sp³-hybridized carbons (Fsp3) is 0.750. The number of hydrogen-bond acceptors (Lipinski definition) is 4. The Hall–Kier alpha value is -1.16. The van der Waals surface area contributed by atoms with E-state index in [-0.39, 0.29) is 6.42 Å². The van der Waals surface area contributed by atoms with Crippen LogP contribution < -0.4 is 5.73 Å². The molecule has 0 aromatic rings. The van der Waals surface area contributed by atoms with E-state index < -0.39 is 46.8 Å². The Balaban J connectivity index is 4.16. The lowest BCUT2D eigenvalue weighted by atomic mass is 10.2. The summed E-state index contributed by atoms with van der Waals surface area (Å²) in [7, 11) is -4.00. The molecule has 0 unspecified atom stereocenters. The van der Waals surface area contributed by atoms with Crippen molar-refractivity contribution in [1.29, 1.82) is 0 Å². The van der Waals surface area contributed by atoms with Crippen molar-refractivity contribution < 1.29 is 31.5 Å². The molecule has 0 bridgehead atoms. The summed E-state index contributed by atoms with van der Waals surface area (Å²) in [6, 6.07) is -1.29. The molecular weight excluding hydrogens is 277 g/mol. The summed E-state index contributed by atoms with van der Waals surface area (Å²) in [5.41, 5.74) is 5.07. The quantitative estimate of drug-likeness (QED) is 0.665. The number of aliphatic carboxylic acids is 1. The molecule has 0 aliphatic heterocycles. The molecule has 6 nitrogen and oxygen atoms in total. The van der Waals surface area contributed by atoms with E-state index in [9.17, 15) is 26.4 Å². The van der Waals surface area contributed by atoms with Gasteiger partial charge in [0.1, 0.15) is 6.04 Å². The fourth-order valence-corrected chi connectivity index (χ4v) is 1.81. The Labute approximate surface area is 102 Å². The van der Waals surface area contributed by atoms with Crippen LogP contribution in [-0.4, -0.2) is 43.7 Å². The zero-order chi connectivity index (χ0) is 14.4. The number of nitrogens with two attached hydrogens (primary N) is 1. The van der Waals surface area contributed by atoms with Crippen molar-refractivity contribution in [2.24, 2.45) is 10.1 Å². The van der Waals surface area contributed by atoms with E-state index in [0.717, 1.165) is 6.21 Å². The van der Waals surface area contributed by atoms with Gasteiger partial charge in [-0.2, -0.15) is 17.6 Å². The second-order valence-electron chi connectivity index (χ2n) is 3.47. The second-order valence-corrected chi connectivity index (χ2v) is 5.26. The van der Waals surface area contributed by atoms with Crippen molar-refractivity contribution in [3.05, 3.63) is 0 Å². The van der Waals surface area contributed by atoms with Crippen LogP contribution in [0.5, 0.6) is 0 Å². The van der Waals surface area contributed by atoms with E-state index in [1.54, 1.807) is 0 Å². The number of nitrogens with zero attached hydrogens (tertiary/aromatic N) is 1. The van der Waals surface area contributed by atoms with Crippen molar-refractivity contribution in [1.82, 2.24) is 0 Å². The monoisotopic (exact) mass is 290 g/mol. The molecular formula is C8H13F3N2O4S. The molecule has 0 rings (SSSR count). The highest BCUT2D eigenvalue weighted by atomic mass is 32.2. The molecule has 3 N–H and O–H groups in total. The van der Waals surface area contributed by atoms with E-state index in [1.165, 1.54) is 0 Å². The van der Waals surface area contributed by atoms with E-state index in [1.807, 2.05) is 0 Å². The summed E-state index contributed by atoms with van der Waals surface area (Å²) in [4.78, 5) is 10.3. The third-order valence-electron chi connectivity index (χ3n) is 1.77. The lowest BCUT2D eigenvalue weighted by Crippen LogP contribution is -2.30. The Morgan fingerprint density at radius 3 is 2.44 bits per heavy atom. The zero-order valence-electron chi connectivity index (χ0n) is 9.22. The van der Waals surface area contributed by atoms with Crippen molar-refractivity contribution in [2.75, 3.05) is 5.75 Å². The molecule has 0 fully saturated rings. The Morgan fingerprint density at radius 2 is 2.00 bits per heavy atom. The van der Waals surface area contributed by atoms with Gasteiger partial charge in [0, 0.05) is 19.1 Å². The Morgan fingerprint density at radius 1 is 1.44 bits per heavy atom. The van der Waals surface area contributed by atoms with Crippen molar-refractivity contribution in [2.45, 2.75) is 31.5 Å². The maximum atomic E-state index is 11.8. The van der Waals surface area contributed by atoms with Crippen LogP contribution in [0.1, 0.15) is 19.3 Å². The molecule has 106 valence electrons. The van der Waals surface area contributed by atoms with Crippen LogP contribution in [0.2, 0.25) is 0 Å². The van der Waals surface area contributed by atoms with Crippen LogP contribution >= 0.6 is 0 Å². The highest BCUT2D eigenvalue weighted by Gasteiger charge is 2.27. The van der Waals surface area contributed by atoms with Gasteiger partial charge in [-0.1, -0.05) is 0 Å². The maximum absolute atomic E-state index is 11.8. The van der Waals surface area contributed by atoms with Crippen LogP contribution in [0.4, 0.5) is 13.2 Å². The standard InChI is InChI=1S/C8H13F3N2O4S/c9-8(10,11)3-1-5-18(16,17)13-4-2-6(12)7(14)15/h4,6H,1-3,5,12H2,(H,14,15)/t6-/m0/s1. The summed E-state index contributed by atoms with van der Waals surface area (Å²) in [6.07, 6.45) is -5.75. The zero-order valence-corrected chi connectivity index (χ0v) is 10.0. The third-order valence-corrected chi connectivity index (χ3v) is 3.05. The predicted octanol–water partition coefficient (Wildman–Crippen LogP) is 0.531. The number of rotatable bonds is 7. The largest absolute Gasteiger partial charge is 0.480 e. The number of halogens is 3. The molecule has 0 amide bonds. The van der Waals surface area contributed by atoms with E-state index >= 15 is 0 Å². The average Bonchev–Trinajstić information content (AvgIpc) is 2.14. The summed E-state index contributed by atoms with van der Waals surface area (Å²) in [5, 5.41) is 8.38. The summed E-state index contributed by atoms with van der Waals surface area (Å²) in [5.74, 6) is -2.07. The molecule has 10 heteroatoms. The van der Waals surface area contributed by atoms with Gasteiger partial charge >= 0.3 is 12.1 Å². The predicted molar refractivity (Wildman–Crippen MR) is 57.8 cm³/mol. The van der Waals surface area contributed by atoms with Crippen LogP contribution in [0.3, 0.4) is 0 Å². The lowest BCUT2D eigenvalue weighted by molar-refractivity contribution is -0.138. The molecule has 0 aromatic heterocycles. The van der Waals surface area contributed by atoms with Gasteiger partial charge in [0.05, 0.1) is 5.75 Å². The minimum absolute atomic E-state index is 0.312. The molecule has 0 spiro atoms. The summed E-state index contributed by atoms with van der Waals surface area (Å²) in [6.45, 7) is 0. The first-order valence-corrected chi connectivity index (χ1v) is 6.46. The minimum atomic E-state index is -4.41. The molecule has 0 aliphatic rings. The number of carboxylic acids is 1. The molecule has 1 atom stereocenters. The smallest absolute Gasteiger partial charge is 0.389 e. The maximum Gasteiger partial charge on any atom is 0.389 e. The number of hydrogen-bond donors (Lipinski definition) is 2. The Bertz CT molecular complexity index is 405. The number of alkyl halides is 3. The summed E-state index contributed by atoms with van der Waals surface area (Å²) >= 11 is 0. The van der Waals surface area contributed by atoms with Crippen molar-refractivity contribution in [3.63, 3.8) is 0 Å². The first-order chi connectivity index (χ1) is 8.03. The highest BCUT2D eigenvalue weighted by molar-refractivity contribution is 7.90. The molecule has 0 heterocycles. The normalized spacial score (nSPS) is 14.9. The second kappa shape index (κ2) is 6.69. The van der Waals surface area contributed by atoms with Gasteiger partial charge in [-0.05, 0) is 6.42 Å². The number of carboxylic acid groups (broad SMARTS) is 1. The fourth-order valence-electron chi connectivity index (χ4n) is 0.879. The molecule has 0 aliphatic carbocycles. The SMILES string of the molecule is N[C@@H](CC=NS(=O)(=O)CCCC(F)(F)F)C(=O)O. The number of carbonyl (C=O) groups is 1. The Kier molecular flexibility index (Phi) is 6.26. The van der Waals surface area contributed by atoms with Gasteiger partial charge in [-0.15, -0.1) is 0 Å². The molecule has 0 aromatic carbocycles. The van der Waals surface area contributed by atoms with Crippen LogP contribution in [0.15, 0.2) is 4.40 Å². The van der Waals surface area contributed by atoms with Gasteiger partial charge in [-0.3, -0.25) is 4.79 Å². The van der Waals surface area contributed by atoms with Crippen LogP contribution in [0, 0.1) is 0 Å². The van der Waals surface area contributed by atoms with Crippen LogP contribution in [0.25, 0.3) is 0 Å². The number of sulfonamides is 1. The minimum Gasteiger partial charge on any atom is -0.480 e. The van der Waals surface area contributed by atoms with Gasteiger partial charge in [0.2, 0.25) is 0 Å². The molecule has 0 radical (unpaired) electrons. The highest BCUT2D eigenvalue weighted by Crippen LogP contribution is 2.21. The van der Waals surface area contributed by atoms with E-state index in [2.05, 4.69) is 4.40 Å². The van der Waals surface area contributed by atoms with Gasteiger partial charge < -0.3 is 10.8 Å². The van der Waals surface area contributed by atoms with Gasteiger partial charge in [0.25, 0.3) is 10.0 Å². The molecule has 0 saturated carbocycles. The van der Waals surface area contributed by atoms with Crippen molar-refractivity contribution >= 4 is 22.2 Å². The van der Waals surface area contributed by atoms with Crippen molar-refractivity contribution in [3.8, 4) is 0 Å². The topological polar surface area (TPSA) is 110 Å². The van der Waals surface area contributed by atoms with E-state index in [0.29, 0.717) is 0 Å². The van der Waals surface area contributed by atoms with Gasteiger partial charge in [-0.25, -0.2) is 8.42 Å². The lowest BCUT2D eigenvalue weighted by Gasteiger charge is -2.04.